The van der Waals surface area contributed by atoms with Gasteiger partial charge in [-0.2, -0.15) is 18.3 Å². The second kappa shape index (κ2) is 10.8. The first kappa shape index (κ1) is 28.5. The van der Waals surface area contributed by atoms with Gasteiger partial charge in [-0.15, -0.1) is 0 Å². The Bertz CT molecular complexity index is 1780. The second-order valence-corrected chi connectivity index (χ2v) is 12.1. The zero-order valence-electron chi connectivity index (χ0n) is 22.9. The number of fused-ring (bicyclic) bond motifs is 2. The number of anilines is 1. The van der Waals surface area contributed by atoms with E-state index in [0.29, 0.717) is 28.3 Å². The predicted octanol–water partition coefficient (Wildman–Crippen LogP) is 4.25. The second-order valence-electron chi connectivity index (χ2n) is 10.1. The number of nitrogens with one attached hydrogen (secondary N) is 2. The van der Waals surface area contributed by atoms with E-state index in [1.165, 1.54) is 23.6 Å². The molecule has 9 nitrogen and oxygen atoms in total. The maximum atomic E-state index is 13.6. The molecular weight excluding hydrogens is 557 g/mol. The molecule has 2 N–H and O–H groups in total. The van der Waals surface area contributed by atoms with E-state index in [0.717, 1.165) is 30.4 Å². The molecule has 41 heavy (non-hydrogen) atoms. The van der Waals surface area contributed by atoms with Gasteiger partial charge in [-0.3, -0.25) is 5.10 Å². The van der Waals surface area contributed by atoms with Gasteiger partial charge in [-0.1, -0.05) is 5.92 Å². The van der Waals surface area contributed by atoms with Crippen LogP contribution in [0.5, 0.6) is 5.75 Å². The number of nitrogens with zero attached hydrogens (tertiary/aromatic N) is 4. The van der Waals surface area contributed by atoms with Crippen LogP contribution < -0.4 is 10.1 Å². The van der Waals surface area contributed by atoms with Crippen LogP contribution in [0.2, 0.25) is 0 Å². The minimum atomic E-state index is -4.47. The molecule has 1 aliphatic carbocycles. The molecule has 1 atom stereocenters. The molecule has 3 aromatic heterocycles. The molecule has 0 aliphatic heterocycles. The van der Waals surface area contributed by atoms with Crippen LogP contribution in [0.4, 0.5) is 18.9 Å². The lowest BCUT2D eigenvalue weighted by Gasteiger charge is -2.17. The topological polar surface area (TPSA) is 105 Å². The lowest BCUT2D eigenvalue weighted by atomic mass is 10.1. The van der Waals surface area contributed by atoms with Crippen LogP contribution in [0, 0.1) is 11.8 Å². The predicted molar refractivity (Wildman–Crippen MR) is 149 cm³/mol. The van der Waals surface area contributed by atoms with Crippen molar-refractivity contribution in [3.8, 4) is 28.8 Å². The Kier molecular flexibility index (Phi) is 7.48. The molecule has 13 heteroatoms. The van der Waals surface area contributed by atoms with E-state index in [2.05, 4.69) is 37.2 Å². The van der Waals surface area contributed by atoms with E-state index < -0.39 is 22.4 Å². The number of hydrogen-bond donors (Lipinski definition) is 2. The number of sulfone groups is 1. The first-order chi connectivity index (χ1) is 19.4. The van der Waals surface area contributed by atoms with Crippen molar-refractivity contribution in [2.45, 2.75) is 36.4 Å². The summed E-state index contributed by atoms with van der Waals surface area (Å²) in [5, 5.41) is 10.7. The van der Waals surface area contributed by atoms with Crippen molar-refractivity contribution in [2.75, 3.05) is 39.3 Å². The van der Waals surface area contributed by atoms with Crippen molar-refractivity contribution in [1.82, 2.24) is 24.5 Å². The van der Waals surface area contributed by atoms with Crippen molar-refractivity contribution in [2.24, 2.45) is 0 Å². The summed E-state index contributed by atoms with van der Waals surface area (Å²) in [6.07, 6.45) is -1.29. The normalized spacial score (nSPS) is 15.2. The Morgan fingerprint density at radius 1 is 1.27 bits per heavy atom. The van der Waals surface area contributed by atoms with Crippen LogP contribution >= 0.6 is 0 Å². The lowest BCUT2D eigenvalue weighted by Crippen LogP contribution is -2.17. The summed E-state index contributed by atoms with van der Waals surface area (Å²) in [4.78, 5) is 6.77. The molecule has 1 aromatic carbocycles. The van der Waals surface area contributed by atoms with Gasteiger partial charge in [0, 0.05) is 29.6 Å². The first-order valence-corrected chi connectivity index (χ1v) is 14.7. The fourth-order valence-corrected chi connectivity index (χ4v) is 5.78. The third kappa shape index (κ3) is 5.75. The Morgan fingerprint density at radius 2 is 2.05 bits per heavy atom. The van der Waals surface area contributed by atoms with Crippen LogP contribution in [0.25, 0.3) is 16.9 Å². The molecule has 0 unspecified atom stereocenters. The molecule has 0 amide bonds. The summed E-state index contributed by atoms with van der Waals surface area (Å²) < 4.78 is 71.3. The minimum absolute atomic E-state index is 0.0225. The summed E-state index contributed by atoms with van der Waals surface area (Å²) in [6.45, 7) is 0.0551. The number of methoxy groups -OCH3 is 1. The third-order valence-corrected chi connectivity index (χ3v) is 8.18. The first-order valence-electron chi connectivity index (χ1n) is 12.8. The van der Waals surface area contributed by atoms with Gasteiger partial charge in [0.05, 0.1) is 53.8 Å². The molecule has 216 valence electrons. The third-order valence-electron chi connectivity index (χ3n) is 7.07. The number of pyridine rings is 1. The summed E-state index contributed by atoms with van der Waals surface area (Å²) in [5.74, 6) is 5.94. The molecule has 3 heterocycles. The minimum Gasteiger partial charge on any atom is -0.495 e. The van der Waals surface area contributed by atoms with Crippen LogP contribution in [0.3, 0.4) is 0 Å². The summed E-state index contributed by atoms with van der Waals surface area (Å²) in [6, 6.07) is 8.07. The van der Waals surface area contributed by atoms with Gasteiger partial charge < -0.3 is 19.4 Å². The van der Waals surface area contributed by atoms with Crippen LogP contribution in [0.1, 0.15) is 35.1 Å². The number of H-pyrrole nitrogens is 1. The molecule has 4 aromatic rings. The Morgan fingerprint density at radius 3 is 2.73 bits per heavy atom. The lowest BCUT2D eigenvalue weighted by molar-refractivity contribution is -0.128. The van der Waals surface area contributed by atoms with Gasteiger partial charge in [0.1, 0.15) is 17.1 Å². The van der Waals surface area contributed by atoms with E-state index in [1.807, 2.05) is 20.2 Å². The Labute approximate surface area is 235 Å². The van der Waals surface area contributed by atoms with E-state index >= 15 is 0 Å². The van der Waals surface area contributed by atoms with Gasteiger partial charge in [0.25, 0.3) is 0 Å². The van der Waals surface area contributed by atoms with E-state index in [4.69, 9.17) is 4.74 Å². The SMILES string of the molecule is COc1cc(S(C)(=O)=O)ccc1NCC#Cc1nc2c(-c3n[nH]c4c3CC[C@H]4N(C)C)cccn2c1CC(F)(F)F. The average molecular weight is 587 g/mol. The highest BCUT2D eigenvalue weighted by molar-refractivity contribution is 7.90. The van der Waals surface area contributed by atoms with Crippen molar-refractivity contribution in [3.63, 3.8) is 0 Å². The zero-order chi connectivity index (χ0) is 29.5. The monoisotopic (exact) mass is 586 g/mol. The number of ether oxygens (including phenoxy) is 1. The highest BCUT2D eigenvalue weighted by atomic mass is 32.2. The Balaban J connectivity index is 1.49. The smallest absolute Gasteiger partial charge is 0.394 e. The molecule has 0 saturated carbocycles. The Hall–Kier alpha value is -4.02. The van der Waals surface area contributed by atoms with Gasteiger partial charge in [-0.25, -0.2) is 13.4 Å². The standard InChI is InChI=1S/C28H29F3N6O3S/c1-36(2)22-12-10-18-25(34-35-26(18)22)19-7-6-14-37-23(16-28(29,30)31)20(33-27(19)37)8-5-13-32-21-11-9-17(41(4,38)39)15-24(21)40-3/h6-7,9,11,14-15,22,32H,10,12-13,16H2,1-4H3,(H,34,35)/t22-/m1/s1. The molecule has 0 spiro atoms. The average Bonchev–Trinajstić information content (AvgIpc) is 3.59. The van der Waals surface area contributed by atoms with Crippen molar-refractivity contribution in [1.29, 1.82) is 0 Å². The van der Waals surface area contributed by atoms with Crippen LogP contribution in [-0.2, 0) is 22.7 Å². The molecule has 0 bridgehead atoms. The number of alkyl halides is 3. The highest BCUT2D eigenvalue weighted by Crippen LogP contribution is 2.39. The van der Waals surface area contributed by atoms with E-state index in [9.17, 15) is 21.6 Å². The fourth-order valence-electron chi connectivity index (χ4n) is 5.15. The molecule has 0 radical (unpaired) electrons. The number of halogens is 3. The van der Waals surface area contributed by atoms with E-state index in [1.54, 1.807) is 18.3 Å². The number of benzene rings is 1. The number of rotatable bonds is 7. The van der Waals surface area contributed by atoms with E-state index in [-0.39, 0.29) is 28.9 Å². The molecule has 5 rings (SSSR count). The number of aromatic nitrogens is 4. The van der Waals surface area contributed by atoms with Gasteiger partial charge >= 0.3 is 6.18 Å². The molecule has 0 saturated heterocycles. The summed E-state index contributed by atoms with van der Waals surface area (Å²) in [7, 11) is 1.98. The number of hydrogen-bond acceptors (Lipinski definition) is 7. The highest BCUT2D eigenvalue weighted by Gasteiger charge is 2.33. The molecule has 0 fully saturated rings. The van der Waals surface area contributed by atoms with Crippen molar-refractivity contribution < 1.29 is 26.3 Å². The fraction of sp³-hybridized carbons (Fsp3) is 0.357. The van der Waals surface area contributed by atoms with Gasteiger partial charge in [0.15, 0.2) is 9.84 Å². The van der Waals surface area contributed by atoms with Crippen molar-refractivity contribution >= 4 is 21.2 Å². The number of imidazole rings is 1. The van der Waals surface area contributed by atoms with Gasteiger partial charge in [-0.05, 0) is 57.1 Å². The van der Waals surface area contributed by atoms with Crippen LogP contribution in [0.15, 0.2) is 41.4 Å². The molecular formula is C28H29F3N6O3S. The largest absolute Gasteiger partial charge is 0.495 e. The maximum absolute atomic E-state index is 13.6. The number of aromatic amines is 1. The van der Waals surface area contributed by atoms with Gasteiger partial charge in [0.2, 0.25) is 0 Å². The molecule has 1 aliphatic rings. The quantitative estimate of drug-likeness (QED) is 0.312. The van der Waals surface area contributed by atoms with Crippen LogP contribution in [-0.4, -0.2) is 73.1 Å². The maximum Gasteiger partial charge on any atom is 0.394 e. The summed E-state index contributed by atoms with van der Waals surface area (Å²) >= 11 is 0. The summed E-state index contributed by atoms with van der Waals surface area (Å²) in [5.41, 5.74) is 4.18. The zero-order valence-corrected chi connectivity index (χ0v) is 23.7. The van der Waals surface area contributed by atoms with Crippen molar-refractivity contribution in [3.05, 3.63) is 59.2 Å².